The zero-order valence-corrected chi connectivity index (χ0v) is 70.0. The van der Waals surface area contributed by atoms with E-state index in [0.717, 1.165) is 0 Å². The number of Topliss-reactive ketones (excluding diaryl/α,β-unsaturated/α-hetero) is 1. The van der Waals surface area contributed by atoms with Crippen LogP contribution in [0.2, 0.25) is 0 Å². The zero-order valence-electron chi connectivity index (χ0n) is 70.0. The Morgan fingerprint density at radius 1 is 0.415 bits per heavy atom. The molecule has 123 heavy (non-hydrogen) atoms. The largest absolute Gasteiger partial charge is 0.508 e. The highest BCUT2D eigenvalue weighted by Gasteiger charge is 2.54. The van der Waals surface area contributed by atoms with E-state index in [1.807, 2.05) is 83.1 Å². The Hall–Kier alpha value is -14.6. The van der Waals surface area contributed by atoms with Crippen LogP contribution in [0, 0.1) is 55.7 Å². The number of hydrogen-bond acceptors (Lipinski definition) is 24. The Balaban J connectivity index is 0.000000230. The van der Waals surface area contributed by atoms with Crippen molar-refractivity contribution in [3.05, 3.63) is 245 Å². The maximum atomic E-state index is 13.7. The highest BCUT2D eigenvalue weighted by atomic mass is 16.6. The van der Waals surface area contributed by atoms with E-state index >= 15 is 0 Å². The van der Waals surface area contributed by atoms with Gasteiger partial charge in [0, 0.05) is 93.7 Å². The second-order valence-electron chi connectivity index (χ2n) is 31.2. The topological polar surface area (TPSA) is 458 Å². The summed E-state index contributed by atoms with van der Waals surface area (Å²) in [6.45, 7) is 25.1. The third-order valence-corrected chi connectivity index (χ3v) is 18.1. The summed E-state index contributed by atoms with van der Waals surface area (Å²) in [5.41, 5.74) is 7.44. The Kier molecular flexibility index (Phi) is 31.1. The molecule has 1 spiro atoms. The lowest BCUT2D eigenvalue weighted by molar-refractivity contribution is -0.386. The Bertz CT molecular complexity index is 5450. The number of rotatable bonds is 34. The number of ether oxygens (including phenoxy) is 9. The van der Waals surface area contributed by atoms with Gasteiger partial charge < -0.3 is 85.0 Å². The number of nitrogens with one attached hydrogen (secondary N) is 4. The average molecular weight is 1690 g/mol. The Morgan fingerprint density at radius 2 is 0.756 bits per heavy atom. The quantitative estimate of drug-likeness (QED) is 0.00803. The third-order valence-electron chi connectivity index (χ3n) is 18.1. The van der Waals surface area contributed by atoms with Crippen LogP contribution in [0.3, 0.4) is 0 Å². The molecule has 0 aromatic heterocycles. The second-order valence-corrected chi connectivity index (χ2v) is 31.2. The number of anilines is 4. The van der Waals surface area contributed by atoms with Gasteiger partial charge in [-0.3, -0.25) is 49.0 Å². The number of amides is 5. The fraction of sp³-hybridized carbons (Fsp3) is 0.308. The molecule has 32 heteroatoms. The number of methoxy groups -OCH3 is 1. The number of nitro groups is 2. The number of ketones is 1. The maximum absolute atomic E-state index is 13.7. The van der Waals surface area contributed by atoms with Crippen LogP contribution in [0.25, 0.3) is 0 Å². The first-order valence-electron chi connectivity index (χ1n) is 39.3. The first-order chi connectivity index (χ1) is 58.3. The minimum Gasteiger partial charge on any atom is -0.508 e. The predicted molar refractivity (Wildman–Crippen MR) is 455 cm³/mol. The molecule has 0 aliphatic carbocycles. The van der Waals surface area contributed by atoms with Gasteiger partial charge in [-0.2, -0.15) is 0 Å². The number of carboxylic acids is 1. The number of nitro benzene ring substituents is 2. The average Bonchev–Trinajstić information content (AvgIpc) is 1.58. The number of carboxylic acid groups (broad SMARTS) is 1. The van der Waals surface area contributed by atoms with Crippen molar-refractivity contribution in [1.82, 2.24) is 0 Å². The van der Waals surface area contributed by atoms with Gasteiger partial charge in [0.15, 0.2) is 22.9 Å². The molecule has 2 heterocycles. The molecule has 11 rings (SSSR count). The summed E-state index contributed by atoms with van der Waals surface area (Å²) >= 11 is 0. The van der Waals surface area contributed by atoms with Gasteiger partial charge in [0.25, 0.3) is 17.7 Å². The number of hydrogen-bond donors (Lipinski definition) is 8. The van der Waals surface area contributed by atoms with Crippen molar-refractivity contribution >= 4 is 87.4 Å². The number of primary amides is 1. The van der Waals surface area contributed by atoms with Crippen molar-refractivity contribution in [3.8, 4) is 57.5 Å². The predicted octanol–water partition coefficient (Wildman–Crippen LogP) is 17.0. The molecule has 0 radical (unpaired) electrons. The van der Waals surface area contributed by atoms with E-state index in [9.17, 15) is 78.7 Å². The Labute approximate surface area is 708 Å². The van der Waals surface area contributed by atoms with Gasteiger partial charge in [-0.05, 0) is 157 Å². The smallest absolute Gasteiger partial charge is 0.340 e. The van der Waals surface area contributed by atoms with Crippen LogP contribution in [0.4, 0.5) is 34.1 Å². The van der Waals surface area contributed by atoms with Crippen molar-refractivity contribution in [2.75, 3.05) is 68.0 Å². The number of aromatic hydroxyl groups is 2. The van der Waals surface area contributed by atoms with Gasteiger partial charge in [-0.15, -0.1) is 0 Å². The van der Waals surface area contributed by atoms with Crippen molar-refractivity contribution in [1.29, 1.82) is 0 Å². The second kappa shape index (κ2) is 41.4. The molecule has 2 aliphatic rings. The van der Waals surface area contributed by atoms with Gasteiger partial charge in [-0.1, -0.05) is 89.2 Å². The van der Waals surface area contributed by atoms with Crippen LogP contribution in [0.1, 0.15) is 195 Å². The molecular weight excluding hydrogens is 1590 g/mol. The van der Waals surface area contributed by atoms with Gasteiger partial charge in [0.2, 0.25) is 11.8 Å². The number of nitrogens with two attached hydrogens (primary N) is 1. The number of benzene rings is 9. The molecular formula is C91H97N7O25. The van der Waals surface area contributed by atoms with Gasteiger partial charge in [0.1, 0.15) is 46.0 Å². The maximum Gasteiger partial charge on any atom is 0.340 e. The third kappa shape index (κ3) is 24.1. The lowest BCUT2D eigenvalue weighted by Crippen LogP contribution is -2.33. The number of phenolic OH excluding ortho intramolecular Hbond substituents is 2. The van der Waals surface area contributed by atoms with Crippen LogP contribution in [-0.2, 0) is 19.9 Å². The molecule has 9 aromatic carbocycles. The van der Waals surface area contributed by atoms with E-state index in [1.165, 1.54) is 147 Å². The highest BCUT2D eigenvalue weighted by molar-refractivity contribution is 6.09. The number of aromatic carboxylic acids is 1. The van der Waals surface area contributed by atoms with Gasteiger partial charge in [0.05, 0.1) is 96.0 Å². The molecule has 0 saturated heterocycles. The van der Waals surface area contributed by atoms with Crippen molar-refractivity contribution in [2.45, 2.75) is 102 Å². The van der Waals surface area contributed by atoms with Crippen LogP contribution >= 0.6 is 0 Å². The summed E-state index contributed by atoms with van der Waals surface area (Å²) in [7, 11) is 1.28. The number of fused-ring (bicyclic) bond motifs is 6. The SMILES string of the molecule is CC(C)COc1cc(C(=O)Nc2ccc(C(N)=O)cc2OCC(C)C)ccc1NC(=O)CCC(=O)c1ccc2c(c1)C1(OC2=O)c2ccc(O)cc2Oc2cc(O)ccc21.CC(C)COc1cc(C(=O)O)ccc1NC(=O)c1ccc([N+](=O)[O-])c(OCC(C)C)c1.COC(=O)c1ccc(NC(=O)c2ccc([N+](=O)[O-])c(OCC(C)C)c2)c(OCC(C)C)c1. The van der Waals surface area contributed by atoms with Crippen LogP contribution in [0.5, 0.6) is 57.5 Å². The molecule has 2 aliphatic heterocycles. The Morgan fingerprint density at radius 3 is 1.15 bits per heavy atom. The van der Waals surface area contributed by atoms with Crippen molar-refractivity contribution in [3.63, 3.8) is 0 Å². The molecule has 9 aromatic rings. The molecule has 9 N–H and O–H groups in total. The van der Waals surface area contributed by atoms with Crippen LogP contribution in [0.15, 0.2) is 164 Å². The minimum absolute atomic E-state index is 0.00357. The van der Waals surface area contributed by atoms with Crippen molar-refractivity contribution in [2.24, 2.45) is 41.2 Å². The number of carbonyl (C=O) groups is 9. The van der Waals surface area contributed by atoms with Crippen molar-refractivity contribution < 1.29 is 111 Å². The van der Waals surface area contributed by atoms with Gasteiger partial charge in [-0.25, -0.2) is 14.4 Å². The monoisotopic (exact) mass is 1690 g/mol. The van der Waals surface area contributed by atoms with E-state index in [0.29, 0.717) is 65.0 Å². The standard InChI is InChI=1S/C46H43N3O11.C23H28N2O7.C22H26N2O7/c1-24(2)22-57-40-18-27(43(47)54)6-13-36(40)49-44(55)28-7-14-35(41(19-28)58-23-25(3)4)48-42(53)16-15-37(52)26-5-10-31-34(17-26)46(60-45(31)56)32-11-8-29(50)20-38(32)59-39-21-30(51)9-12-33(39)46;1-14(2)12-31-20-11-17(23(27)30-5)6-8-18(20)24-22(26)16-7-9-19(25(28)29)21(10-16)32-13-15(3)4;1-13(2)11-30-19-10-16(22(26)27)5-7-17(19)23-21(25)15-6-8-18(24(28)29)20(9-15)31-12-14(3)4/h5-14,17-21,24-25,50-51H,15-16,22-23H2,1-4H3,(H2,47,54)(H,48,53)(H,49,55);6-11,14-15H,12-13H2,1-5H3,(H,24,26);5-10,13-14H,11-12H2,1-4H3,(H,23,25)(H,26,27). The molecule has 0 saturated carbocycles. The number of esters is 2. The molecule has 0 unspecified atom stereocenters. The molecule has 0 bridgehead atoms. The van der Waals surface area contributed by atoms with Gasteiger partial charge >= 0.3 is 29.3 Å². The first-order valence-corrected chi connectivity index (χ1v) is 39.3. The molecule has 32 nitrogen and oxygen atoms in total. The molecule has 5 amide bonds. The summed E-state index contributed by atoms with van der Waals surface area (Å²) in [4.78, 5) is 136. The summed E-state index contributed by atoms with van der Waals surface area (Å²) in [6.07, 6.45) is -0.399. The first kappa shape index (κ1) is 92.3. The van der Waals surface area contributed by atoms with E-state index in [-0.39, 0.29) is 182 Å². The summed E-state index contributed by atoms with van der Waals surface area (Å²) in [5, 5.41) is 63.3. The van der Waals surface area contributed by atoms with Crippen LogP contribution < -0.4 is 60.2 Å². The lowest BCUT2D eigenvalue weighted by Gasteiger charge is -2.36. The highest BCUT2D eigenvalue weighted by Crippen LogP contribution is 2.57. The normalized spacial score (nSPS) is 11.9. The number of nitrogens with zero attached hydrogens (tertiary/aromatic N) is 2. The summed E-state index contributed by atoms with van der Waals surface area (Å²) in [5.74, 6) is -3.04. The van der Waals surface area contributed by atoms with E-state index in [4.69, 9.17) is 48.4 Å². The van der Waals surface area contributed by atoms with Crippen LogP contribution in [-0.4, -0.2) is 125 Å². The minimum atomic E-state index is -1.56. The molecule has 646 valence electrons. The summed E-state index contributed by atoms with van der Waals surface area (Å²) in [6, 6.07) is 38.9. The van der Waals surface area contributed by atoms with E-state index in [1.54, 1.807) is 24.3 Å². The summed E-state index contributed by atoms with van der Waals surface area (Å²) < 4.78 is 51.3. The fourth-order valence-electron chi connectivity index (χ4n) is 12.1. The zero-order chi connectivity index (χ0) is 89.8. The number of carbonyl (C=O) groups excluding carboxylic acids is 8. The number of phenols is 2. The van der Waals surface area contributed by atoms with E-state index in [2.05, 4.69) is 21.3 Å². The fourth-order valence-corrected chi connectivity index (χ4v) is 12.1. The van der Waals surface area contributed by atoms with E-state index < -0.39 is 62.9 Å². The molecule has 0 atom stereocenters. The lowest BCUT2D eigenvalue weighted by atomic mass is 9.77. The molecule has 0 fully saturated rings.